The fraction of sp³-hybridized carbons (Fsp3) is 0.333. The predicted molar refractivity (Wildman–Crippen MR) is 87.9 cm³/mol. The molecule has 0 saturated carbocycles. The monoisotopic (exact) mass is 429 g/mol. The topological polar surface area (TPSA) is 119 Å². The van der Waals surface area contributed by atoms with Crippen molar-refractivity contribution in [3.8, 4) is 5.75 Å². The molecule has 0 heterocycles. The molecule has 0 atom stereocenters. The number of carbonyl (C=O) groups excluding carboxylic acids is 2. The number of anilines is 1. The van der Waals surface area contributed by atoms with Gasteiger partial charge in [-0.2, -0.15) is 26.0 Å². The van der Waals surface area contributed by atoms with Crippen LogP contribution < -0.4 is 10.1 Å². The zero-order chi connectivity index (χ0) is 21.8. The molecule has 28 heavy (non-hydrogen) atoms. The third-order valence-corrected chi connectivity index (χ3v) is 4.01. The van der Waals surface area contributed by atoms with Crippen LogP contribution in [-0.4, -0.2) is 42.8 Å². The van der Waals surface area contributed by atoms with Gasteiger partial charge >= 0.3 is 33.4 Å². The Morgan fingerprint density at radius 3 is 2.18 bits per heavy atom. The van der Waals surface area contributed by atoms with E-state index in [4.69, 9.17) is 9.29 Å². The molecule has 0 aliphatic rings. The number of hydrogen-bond acceptors (Lipinski definition) is 6. The zero-order valence-electron chi connectivity index (χ0n) is 14.2. The van der Waals surface area contributed by atoms with Crippen molar-refractivity contribution in [3.63, 3.8) is 0 Å². The van der Waals surface area contributed by atoms with Crippen molar-refractivity contribution in [2.45, 2.75) is 24.5 Å². The lowest BCUT2D eigenvalue weighted by Crippen LogP contribution is -2.47. The minimum Gasteiger partial charge on any atom is -0.449 e. The van der Waals surface area contributed by atoms with Crippen LogP contribution in [-0.2, 0) is 19.6 Å². The second-order valence-electron chi connectivity index (χ2n) is 5.40. The highest BCUT2D eigenvalue weighted by atomic mass is 32.2. The fourth-order valence-electron chi connectivity index (χ4n) is 1.56. The molecule has 0 radical (unpaired) electrons. The quantitative estimate of drug-likeness (QED) is 0.214. The van der Waals surface area contributed by atoms with E-state index in [9.17, 15) is 35.6 Å². The lowest BCUT2D eigenvalue weighted by atomic mass is 10.2. The highest BCUT2D eigenvalue weighted by Gasteiger charge is 2.65. The van der Waals surface area contributed by atoms with Gasteiger partial charge in [-0.3, -0.25) is 9.87 Å². The summed E-state index contributed by atoms with van der Waals surface area (Å²) < 4.78 is 90.4. The van der Waals surface area contributed by atoms with Gasteiger partial charge in [0.25, 0.3) is 0 Å². The van der Waals surface area contributed by atoms with E-state index in [0.29, 0.717) is 0 Å². The number of rotatable bonds is 8. The first kappa shape index (κ1) is 23.4. The first-order valence-electron chi connectivity index (χ1n) is 7.31. The smallest absolute Gasteiger partial charge is 0.431 e. The van der Waals surface area contributed by atoms with Crippen LogP contribution in [0.1, 0.15) is 13.3 Å². The van der Waals surface area contributed by atoms with Crippen LogP contribution in [0.15, 0.2) is 36.4 Å². The van der Waals surface area contributed by atoms with E-state index in [1.807, 2.05) is 0 Å². The van der Waals surface area contributed by atoms with Gasteiger partial charge in [-0.1, -0.05) is 6.58 Å². The second kappa shape index (κ2) is 8.56. The third-order valence-electron chi connectivity index (χ3n) is 3.06. The van der Waals surface area contributed by atoms with Gasteiger partial charge in [-0.25, -0.2) is 9.59 Å². The molecule has 1 aromatic carbocycles. The van der Waals surface area contributed by atoms with Crippen molar-refractivity contribution in [2.24, 2.45) is 0 Å². The Hall–Kier alpha value is -2.67. The van der Waals surface area contributed by atoms with Gasteiger partial charge in [0.2, 0.25) is 0 Å². The summed E-state index contributed by atoms with van der Waals surface area (Å²) >= 11 is 0. The molecule has 0 spiro atoms. The van der Waals surface area contributed by atoms with E-state index in [1.165, 1.54) is 31.2 Å². The standard InChI is InChI=1S/C15H15F4NO7S/c1-9(2)12(21)27-11-5-3-10(4-6-11)20-13(22)26-8-7-14(16,17)15(18,19)28(23,24)25/h3-6H,1,7-8H2,2H3,(H,20,22)(H,23,24,25). The number of esters is 1. The normalized spacial score (nSPS) is 12.2. The predicted octanol–water partition coefficient (Wildman–Crippen LogP) is 3.22. The van der Waals surface area contributed by atoms with Crippen LogP contribution >= 0.6 is 0 Å². The summed E-state index contributed by atoms with van der Waals surface area (Å²) in [6, 6.07) is 5.11. The van der Waals surface area contributed by atoms with Gasteiger partial charge < -0.3 is 9.47 Å². The molecule has 1 rings (SSSR count). The van der Waals surface area contributed by atoms with Gasteiger partial charge in [0.1, 0.15) is 5.75 Å². The van der Waals surface area contributed by atoms with Crippen molar-refractivity contribution in [1.82, 2.24) is 0 Å². The Morgan fingerprint density at radius 1 is 1.18 bits per heavy atom. The van der Waals surface area contributed by atoms with Gasteiger partial charge in [0.05, 0.1) is 13.0 Å². The summed E-state index contributed by atoms with van der Waals surface area (Å²) in [5.74, 6) is -5.72. The molecule has 1 aromatic rings. The highest BCUT2D eigenvalue weighted by molar-refractivity contribution is 7.87. The number of nitrogens with one attached hydrogen (secondary N) is 1. The van der Waals surface area contributed by atoms with E-state index in [0.717, 1.165) is 0 Å². The maximum atomic E-state index is 13.2. The molecule has 0 bridgehead atoms. The molecule has 0 aliphatic heterocycles. The summed E-state index contributed by atoms with van der Waals surface area (Å²) in [5, 5.41) is -3.66. The number of benzene rings is 1. The average Bonchev–Trinajstić information content (AvgIpc) is 2.55. The first-order chi connectivity index (χ1) is 12.7. The third kappa shape index (κ3) is 5.92. The molecular formula is C15H15F4NO7S. The summed E-state index contributed by atoms with van der Waals surface area (Å²) in [6.45, 7) is 3.56. The second-order valence-corrected chi connectivity index (χ2v) is 6.86. The molecule has 2 N–H and O–H groups in total. The first-order valence-corrected chi connectivity index (χ1v) is 8.75. The van der Waals surface area contributed by atoms with Crippen LogP contribution in [0.5, 0.6) is 5.75 Å². The van der Waals surface area contributed by atoms with Crippen molar-refractivity contribution < 1.29 is 49.6 Å². The van der Waals surface area contributed by atoms with Gasteiger partial charge in [-0.05, 0) is 31.2 Å². The Morgan fingerprint density at radius 2 is 1.71 bits per heavy atom. The maximum Gasteiger partial charge on any atom is 0.431 e. The van der Waals surface area contributed by atoms with E-state index in [-0.39, 0.29) is 17.0 Å². The van der Waals surface area contributed by atoms with E-state index in [1.54, 1.807) is 0 Å². The van der Waals surface area contributed by atoms with Crippen LogP contribution in [0.4, 0.5) is 28.0 Å². The molecule has 0 saturated heterocycles. The molecule has 156 valence electrons. The number of ether oxygens (including phenoxy) is 2. The summed E-state index contributed by atoms with van der Waals surface area (Å²) in [5.41, 5.74) is 0.248. The minimum absolute atomic E-state index is 0.0927. The highest BCUT2D eigenvalue weighted by Crippen LogP contribution is 2.40. The van der Waals surface area contributed by atoms with Gasteiger partial charge in [0.15, 0.2) is 0 Å². The van der Waals surface area contributed by atoms with Crippen molar-refractivity contribution >= 4 is 27.9 Å². The molecule has 0 fully saturated rings. The number of alkyl halides is 4. The van der Waals surface area contributed by atoms with Gasteiger partial charge in [-0.15, -0.1) is 0 Å². The molecule has 0 aliphatic carbocycles. The van der Waals surface area contributed by atoms with Crippen molar-refractivity contribution in [2.75, 3.05) is 11.9 Å². The Bertz CT molecular complexity index is 854. The average molecular weight is 429 g/mol. The largest absolute Gasteiger partial charge is 0.449 e. The SMILES string of the molecule is C=C(C)C(=O)Oc1ccc(NC(=O)OCCC(F)(F)C(F)(F)S(=O)(=O)O)cc1. The summed E-state index contributed by atoms with van der Waals surface area (Å²) in [4.78, 5) is 22.8. The van der Waals surface area contributed by atoms with Crippen LogP contribution in [0.2, 0.25) is 0 Å². The summed E-state index contributed by atoms with van der Waals surface area (Å²) in [7, 11) is -6.36. The van der Waals surface area contributed by atoms with Crippen molar-refractivity contribution in [3.05, 3.63) is 36.4 Å². The number of amides is 1. The zero-order valence-corrected chi connectivity index (χ0v) is 15.1. The Labute approximate surface area is 156 Å². The van der Waals surface area contributed by atoms with Crippen LogP contribution in [0, 0.1) is 0 Å². The Kier molecular flexibility index (Phi) is 7.15. The number of hydrogen-bond donors (Lipinski definition) is 2. The van der Waals surface area contributed by atoms with Gasteiger partial charge in [0, 0.05) is 11.3 Å². The molecular weight excluding hydrogens is 414 g/mol. The maximum absolute atomic E-state index is 13.2. The summed E-state index contributed by atoms with van der Waals surface area (Å²) in [6.07, 6.45) is -3.15. The fourth-order valence-corrected chi connectivity index (χ4v) is 2.04. The number of halogens is 4. The Balaban J connectivity index is 2.57. The number of carbonyl (C=O) groups is 2. The molecule has 0 unspecified atom stereocenters. The lowest BCUT2D eigenvalue weighted by Gasteiger charge is -2.23. The van der Waals surface area contributed by atoms with E-state index >= 15 is 0 Å². The molecule has 13 heteroatoms. The molecule has 1 amide bonds. The van der Waals surface area contributed by atoms with Crippen LogP contribution in [0.3, 0.4) is 0 Å². The lowest BCUT2D eigenvalue weighted by molar-refractivity contribution is -0.168. The minimum atomic E-state index is -6.36. The van der Waals surface area contributed by atoms with E-state index in [2.05, 4.69) is 16.6 Å². The van der Waals surface area contributed by atoms with E-state index < -0.39 is 46.4 Å². The molecule has 0 aromatic heterocycles. The van der Waals surface area contributed by atoms with Crippen molar-refractivity contribution in [1.29, 1.82) is 0 Å². The van der Waals surface area contributed by atoms with Crippen LogP contribution in [0.25, 0.3) is 0 Å². The molecule has 8 nitrogen and oxygen atoms in total.